The molecule has 162 valence electrons. The van der Waals surface area contributed by atoms with Crippen LogP contribution in [-0.2, 0) is 10.1 Å². The summed E-state index contributed by atoms with van der Waals surface area (Å²) in [6.45, 7) is -0.264. The number of aromatic nitrogens is 1. The van der Waals surface area contributed by atoms with Gasteiger partial charge in [0.15, 0.2) is 5.58 Å². The van der Waals surface area contributed by atoms with E-state index in [1.807, 2.05) is 0 Å². The molecule has 32 heavy (non-hydrogen) atoms. The van der Waals surface area contributed by atoms with E-state index in [1.54, 1.807) is 18.2 Å². The van der Waals surface area contributed by atoms with Crippen molar-refractivity contribution in [3.05, 3.63) is 76.2 Å². The molecule has 0 aliphatic carbocycles. The van der Waals surface area contributed by atoms with E-state index in [-0.39, 0.29) is 39.5 Å². The van der Waals surface area contributed by atoms with Gasteiger partial charge in [0.1, 0.15) is 17.0 Å². The number of oxazole rings is 1. The minimum atomic E-state index is -4.52. The van der Waals surface area contributed by atoms with Gasteiger partial charge in [0.05, 0.1) is 11.1 Å². The molecule has 1 heterocycles. The highest BCUT2D eigenvalue weighted by molar-refractivity contribution is 7.86. The molecule has 4 aromatic rings. The normalized spacial score (nSPS) is 11.9. The molecule has 0 aliphatic rings. The fourth-order valence-electron chi connectivity index (χ4n) is 3.05. The second-order valence-electron chi connectivity index (χ2n) is 6.63. The third kappa shape index (κ3) is 4.17. The zero-order valence-corrected chi connectivity index (χ0v) is 16.9. The lowest BCUT2D eigenvalue weighted by Gasteiger charge is -2.03. The van der Waals surface area contributed by atoms with Gasteiger partial charge in [0.2, 0.25) is 5.78 Å². The highest BCUT2D eigenvalue weighted by Crippen LogP contribution is 2.31. The van der Waals surface area contributed by atoms with Crippen LogP contribution in [0.3, 0.4) is 0 Å². The van der Waals surface area contributed by atoms with E-state index in [1.165, 1.54) is 36.5 Å². The Hall–Kier alpha value is -4.16. The molecule has 0 atom stereocenters. The second-order valence-corrected chi connectivity index (χ2v) is 8.02. The van der Waals surface area contributed by atoms with Gasteiger partial charge in [0.25, 0.3) is 21.7 Å². The van der Waals surface area contributed by atoms with Crippen LogP contribution in [0.1, 0.15) is 16.2 Å². The lowest BCUT2D eigenvalue weighted by Crippen LogP contribution is -2.18. The lowest BCUT2D eigenvalue weighted by molar-refractivity contribution is -0.384. The summed E-state index contributed by atoms with van der Waals surface area (Å²) in [5.74, 6) is -0.796. The Balaban J connectivity index is 1.54. The van der Waals surface area contributed by atoms with Crippen molar-refractivity contribution >= 4 is 49.7 Å². The summed E-state index contributed by atoms with van der Waals surface area (Å²) in [5, 5.41) is 15.2. The van der Waals surface area contributed by atoms with Gasteiger partial charge < -0.3 is 9.84 Å². The van der Waals surface area contributed by atoms with Gasteiger partial charge in [-0.1, -0.05) is 24.3 Å². The van der Waals surface area contributed by atoms with Crippen molar-refractivity contribution in [2.45, 2.75) is 4.90 Å². The largest absolute Gasteiger partial charge is 0.434 e. The van der Waals surface area contributed by atoms with Crippen molar-refractivity contribution in [1.29, 1.82) is 0 Å². The van der Waals surface area contributed by atoms with Crippen molar-refractivity contribution in [2.75, 3.05) is 6.54 Å². The number of nitrogens with zero attached hydrogens (tertiary/aromatic N) is 3. The topological polar surface area (TPSA) is 165 Å². The summed E-state index contributed by atoms with van der Waals surface area (Å²) >= 11 is 0. The maximum Gasteiger partial charge on any atom is 0.295 e. The van der Waals surface area contributed by atoms with Crippen LogP contribution in [-0.4, -0.2) is 41.4 Å². The molecule has 1 aromatic heterocycles. The SMILES string of the molecule is O=C(CN/N=C/c1ccc([N+](=O)[O-])cc1)c1nc2c(cc(S(=O)(=O)O)c3ccccc32)o1. The molecule has 0 saturated heterocycles. The van der Waals surface area contributed by atoms with Crippen molar-refractivity contribution in [1.82, 2.24) is 10.4 Å². The number of carbonyl (C=O) groups excluding carboxylic acids is 1. The number of nitrogens with one attached hydrogen (secondary N) is 1. The Bertz CT molecular complexity index is 1490. The van der Waals surface area contributed by atoms with E-state index in [9.17, 15) is 27.9 Å². The minimum Gasteiger partial charge on any atom is -0.434 e. The van der Waals surface area contributed by atoms with Crippen molar-refractivity contribution < 1.29 is 27.1 Å². The van der Waals surface area contributed by atoms with Gasteiger partial charge in [-0.2, -0.15) is 13.5 Å². The average molecular weight is 454 g/mol. The monoisotopic (exact) mass is 454 g/mol. The first-order valence-electron chi connectivity index (χ1n) is 9.07. The van der Waals surface area contributed by atoms with E-state index in [0.29, 0.717) is 10.9 Å². The molecule has 0 bridgehead atoms. The van der Waals surface area contributed by atoms with Crippen LogP contribution in [0.25, 0.3) is 21.9 Å². The highest BCUT2D eigenvalue weighted by Gasteiger charge is 2.21. The standard InChI is InChI=1S/C20H14N4O7S/c25-16(11-22-21-10-12-5-7-13(8-6-12)24(26)27)20-23-19-15-4-2-1-3-14(15)18(32(28,29)30)9-17(19)31-20/h1-10,22H,11H2,(H,28,29,30)/b21-10+. The first-order valence-corrected chi connectivity index (χ1v) is 10.5. The Labute approximate surface area is 180 Å². The minimum absolute atomic E-state index is 0.0362. The number of hydrogen-bond acceptors (Lipinski definition) is 9. The zero-order chi connectivity index (χ0) is 22.9. The molecule has 0 aliphatic heterocycles. The molecule has 3 aromatic carbocycles. The predicted octanol–water partition coefficient (Wildman–Crippen LogP) is 2.94. The highest BCUT2D eigenvalue weighted by atomic mass is 32.2. The van der Waals surface area contributed by atoms with Gasteiger partial charge in [-0.05, 0) is 17.7 Å². The number of nitro benzene ring substituents is 1. The number of fused-ring (bicyclic) bond motifs is 3. The Morgan fingerprint density at radius 3 is 2.53 bits per heavy atom. The van der Waals surface area contributed by atoms with E-state index < -0.39 is 20.8 Å². The molecule has 11 nitrogen and oxygen atoms in total. The Morgan fingerprint density at radius 1 is 1.19 bits per heavy atom. The Kier molecular flexibility index (Phi) is 5.38. The average Bonchev–Trinajstić information content (AvgIpc) is 3.20. The van der Waals surface area contributed by atoms with Gasteiger partial charge >= 0.3 is 0 Å². The lowest BCUT2D eigenvalue weighted by atomic mass is 10.1. The van der Waals surface area contributed by atoms with Gasteiger partial charge in [-0.3, -0.25) is 19.5 Å². The van der Waals surface area contributed by atoms with Crippen molar-refractivity contribution in [2.24, 2.45) is 5.10 Å². The number of nitro groups is 1. The molecule has 0 fully saturated rings. The van der Waals surface area contributed by atoms with Gasteiger partial charge in [0, 0.05) is 29.0 Å². The summed E-state index contributed by atoms with van der Waals surface area (Å²) < 4.78 is 38.4. The first kappa shape index (κ1) is 21.1. The summed E-state index contributed by atoms with van der Waals surface area (Å²) in [6, 6.07) is 13.2. The Morgan fingerprint density at radius 2 is 1.88 bits per heavy atom. The van der Waals surface area contributed by atoms with Gasteiger partial charge in [-0.25, -0.2) is 4.98 Å². The zero-order valence-electron chi connectivity index (χ0n) is 16.1. The number of benzene rings is 3. The summed E-state index contributed by atoms with van der Waals surface area (Å²) in [5.41, 5.74) is 3.39. The van der Waals surface area contributed by atoms with Gasteiger partial charge in [-0.15, -0.1) is 0 Å². The number of carbonyl (C=O) groups is 1. The maximum atomic E-state index is 12.4. The predicted molar refractivity (Wildman–Crippen MR) is 114 cm³/mol. The fraction of sp³-hybridized carbons (Fsp3) is 0.0500. The van der Waals surface area contributed by atoms with E-state index >= 15 is 0 Å². The second kappa shape index (κ2) is 8.17. The number of hydrazone groups is 1. The summed E-state index contributed by atoms with van der Waals surface area (Å²) in [4.78, 5) is 26.4. The molecule has 0 unspecified atom stereocenters. The number of ketones is 1. The third-order valence-corrected chi connectivity index (χ3v) is 5.42. The van der Waals surface area contributed by atoms with E-state index in [4.69, 9.17) is 4.42 Å². The first-order chi connectivity index (χ1) is 15.2. The van der Waals surface area contributed by atoms with E-state index in [0.717, 1.165) is 6.07 Å². The van der Waals surface area contributed by atoms with E-state index in [2.05, 4.69) is 15.5 Å². The van der Waals surface area contributed by atoms with Crippen LogP contribution < -0.4 is 5.43 Å². The number of hydrogen-bond donors (Lipinski definition) is 2. The van der Waals surface area contributed by atoms with Crippen molar-refractivity contribution in [3.8, 4) is 0 Å². The molecule has 0 saturated carbocycles. The maximum absolute atomic E-state index is 12.4. The number of Topliss-reactive ketones (excluding diaryl/α,β-unsaturated/α-hetero) is 1. The smallest absolute Gasteiger partial charge is 0.295 e. The van der Waals surface area contributed by atoms with Crippen LogP contribution >= 0.6 is 0 Å². The molecular formula is C20H14N4O7S. The number of non-ortho nitro benzene ring substituents is 1. The molecule has 2 N–H and O–H groups in total. The van der Waals surface area contributed by atoms with Crippen LogP contribution in [0.4, 0.5) is 5.69 Å². The number of rotatable bonds is 7. The third-order valence-electron chi connectivity index (χ3n) is 4.53. The molecule has 0 radical (unpaired) electrons. The molecular weight excluding hydrogens is 440 g/mol. The quantitative estimate of drug-likeness (QED) is 0.140. The van der Waals surface area contributed by atoms with Crippen LogP contribution in [0, 0.1) is 10.1 Å². The molecule has 0 amide bonds. The van der Waals surface area contributed by atoms with Crippen LogP contribution in [0.2, 0.25) is 0 Å². The summed E-state index contributed by atoms with van der Waals surface area (Å²) in [7, 11) is -4.52. The summed E-state index contributed by atoms with van der Waals surface area (Å²) in [6.07, 6.45) is 1.38. The molecule has 12 heteroatoms. The van der Waals surface area contributed by atoms with Crippen LogP contribution in [0.15, 0.2) is 69.0 Å². The fourth-order valence-corrected chi connectivity index (χ4v) is 3.76. The molecule has 0 spiro atoms. The van der Waals surface area contributed by atoms with Crippen LogP contribution in [0.5, 0.6) is 0 Å². The molecule has 4 rings (SSSR count). The van der Waals surface area contributed by atoms with Crippen molar-refractivity contribution in [3.63, 3.8) is 0 Å².